The van der Waals surface area contributed by atoms with Crippen molar-refractivity contribution in [3.63, 3.8) is 0 Å². The number of nitriles is 1. The van der Waals surface area contributed by atoms with E-state index >= 15 is 0 Å². The molecule has 0 aromatic carbocycles. The van der Waals surface area contributed by atoms with E-state index in [1.54, 1.807) is 6.20 Å². The van der Waals surface area contributed by atoms with Crippen molar-refractivity contribution in [1.29, 1.82) is 5.26 Å². The summed E-state index contributed by atoms with van der Waals surface area (Å²) in [5, 5.41) is 8.81. The summed E-state index contributed by atoms with van der Waals surface area (Å²) in [6.45, 7) is 4.01. The van der Waals surface area contributed by atoms with E-state index in [9.17, 15) is 0 Å². The Morgan fingerprint density at radius 3 is 2.92 bits per heavy atom. The summed E-state index contributed by atoms with van der Waals surface area (Å²) in [7, 11) is 0. The van der Waals surface area contributed by atoms with Crippen LogP contribution in [-0.2, 0) is 0 Å². The first-order chi connectivity index (χ1) is 5.77. The molecular weight excluding hydrogens is 150 g/mol. The first kappa shape index (κ1) is 8.79. The molecule has 1 aromatic rings. The van der Waals surface area contributed by atoms with E-state index in [0.29, 0.717) is 0 Å². The van der Waals surface area contributed by atoms with Gasteiger partial charge >= 0.3 is 0 Å². The van der Waals surface area contributed by atoms with Crippen LogP contribution in [-0.4, -0.2) is 9.97 Å². The van der Waals surface area contributed by atoms with Crippen LogP contribution in [0.15, 0.2) is 6.20 Å². The molecule has 1 atom stereocenters. The largest absolute Gasteiger partial charge is 0.345 e. The van der Waals surface area contributed by atoms with Gasteiger partial charge in [-0.2, -0.15) is 5.26 Å². The van der Waals surface area contributed by atoms with E-state index in [1.807, 2.05) is 6.92 Å². The molecule has 1 rings (SSSR count). The average molecular weight is 163 g/mol. The second-order valence-electron chi connectivity index (χ2n) is 2.92. The van der Waals surface area contributed by atoms with Gasteiger partial charge in [0, 0.05) is 11.9 Å². The predicted octanol–water partition coefficient (Wildman–Crippen LogP) is 2.13. The maximum atomic E-state index is 8.81. The number of nitrogens with zero attached hydrogens (tertiary/aromatic N) is 2. The number of aromatic nitrogens is 2. The molecule has 0 aliphatic heterocycles. The van der Waals surface area contributed by atoms with Gasteiger partial charge in [-0.3, -0.25) is 0 Å². The van der Waals surface area contributed by atoms with Crippen LogP contribution >= 0.6 is 0 Å². The minimum atomic E-state index is -0.0660. The van der Waals surface area contributed by atoms with Gasteiger partial charge in [0.05, 0.1) is 6.07 Å². The Hall–Kier alpha value is -1.30. The number of H-pyrrole nitrogens is 1. The molecule has 0 aliphatic carbocycles. The lowest BCUT2D eigenvalue weighted by Gasteiger charge is -2.01. The molecule has 0 aliphatic rings. The monoisotopic (exact) mass is 163 g/mol. The lowest BCUT2D eigenvalue weighted by Crippen LogP contribution is -1.97. The van der Waals surface area contributed by atoms with Crippen LogP contribution < -0.4 is 0 Å². The van der Waals surface area contributed by atoms with E-state index in [4.69, 9.17) is 5.26 Å². The Balaban J connectivity index is 2.74. The highest BCUT2D eigenvalue weighted by Gasteiger charge is 2.11. The number of hydrogen-bond donors (Lipinski definition) is 1. The first-order valence-electron chi connectivity index (χ1n) is 4.19. The smallest absolute Gasteiger partial charge is 0.123 e. The van der Waals surface area contributed by atoms with Gasteiger partial charge < -0.3 is 4.98 Å². The van der Waals surface area contributed by atoms with Crippen LogP contribution in [0.1, 0.15) is 37.2 Å². The van der Waals surface area contributed by atoms with E-state index in [2.05, 4.69) is 23.0 Å². The van der Waals surface area contributed by atoms with Gasteiger partial charge in [0.15, 0.2) is 0 Å². The van der Waals surface area contributed by atoms with Crippen LogP contribution in [0.4, 0.5) is 0 Å². The molecule has 0 saturated heterocycles. The molecule has 1 N–H and O–H groups in total. The number of hydrogen-bond acceptors (Lipinski definition) is 2. The van der Waals surface area contributed by atoms with Crippen LogP contribution in [0.2, 0.25) is 0 Å². The minimum Gasteiger partial charge on any atom is -0.345 e. The van der Waals surface area contributed by atoms with Crippen molar-refractivity contribution in [2.24, 2.45) is 0 Å². The molecule has 0 saturated carbocycles. The lowest BCUT2D eigenvalue weighted by molar-refractivity contribution is 0.693. The summed E-state index contributed by atoms with van der Waals surface area (Å²) in [6.07, 6.45) is 3.65. The number of nitrogens with one attached hydrogen (secondary N) is 1. The Morgan fingerprint density at radius 2 is 2.50 bits per heavy atom. The molecule has 1 unspecified atom stereocenters. The second kappa shape index (κ2) is 3.91. The summed E-state index contributed by atoms with van der Waals surface area (Å²) in [5.74, 6) is 0.737. The maximum Gasteiger partial charge on any atom is 0.123 e. The fourth-order valence-electron chi connectivity index (χ4n) is 1.16. The van der Waals surface area contributed by atoms with Gasteiger partial charge in [-0.15, -0.1) is 0 Å². The topological polar surface area (TPSA) is 52.5 Å². The summed E-state index contributed by atoms with van der Waals surface area (Å²) >= 11 is 0. The first-order valence-corrected chi connectivity index (χ1v) is 4.19. The van der Waals surface area contributed by atoms with Crippen LogP contribution in [0, 0.1) is 18.3 Å². The Kier molecular flexibility index (Phi) is 2.87. The Bertz CT molecular complexity index is 282. The Morgan fingerprint density at radius 1 is 1.75 bits per heavy atom. The predicted molar refractivity (Wildman–Crippen MR) is 46.6 cm³/mol. The fourth-order valence-corrected chi connectivity index (χ4v) is 1.16. The molecule has 1 heterocycles. The van der Waals surface area contributed by atoms with E-state index < -0.39 is 0 Å². The molecule has 0 fully saturated rings. The molecular formula is C9H13N3. The van der Waals surface area contributed by atoms with Gasteiger partial charge in [0.25, 0.3) is 0 Å². The normalized spacial score (nSPS) is 12.4. The van der Waals surface area contributed by atoms with Crippen LogP contribution in [0.25, 0.3) is 0 Å². The van der Waals surface area contributed by atoms with Crippen LogP contribution in [0.3, 0.4) is 0 Å². The zero-order chi connectivity index (χ0) is 8.97. The number of rotatable bonds is 3. The van der Waals surface area contributed by atoms with Crippen molar-refractivity contribution in [2.45, 2.75) is 32.6 Å². The number of aromatic amines is 1. The van der Waals surface area contributed by atoms with E-state index in [1.165, 1.54) is 0 Å². The van der Waals surface area contributed by atoms with Gasteiger partial charge in [0.1, 0.15) is 11.7 Å². The van der Waals surface area contributed by atoms with Crippen molar-refractivity contribution >= 4 is 0 Å². The quantitative estimate of drug-likeness (QED) is 0.742. The molecule has 0 spiro atoms. The van der Waals surface area contributed by atoms with Crippen molar-refractivity contribution in [3.8, 4) is 6.07 Å². The molecule has 64 valence electrons. The SMILES string of the molecule is CCCC(C#N)c1ncc(C)[nH]1. The summed E-state index contributed by atoms with van der Waals surface area (Å²) < 4.78 is 0. The molecule has 0 bridgehead atoms. The third-order valence-electron chi connectivity index (χ3n) is 1.79. The lowest BCUT2D eigenvalue weighted by atomic mass is 10.1. The van der Waals surface area contributed by atoms with Crippen molar-refractivity contribution < 1.29 is 0 Å². The van der Waals surface area contributed by atoms with Crippen molar-refractivity contribution in [3.05, 3.63) is 17.7 Å². The minimum absolute atomic E-state index is 0.0660. The highest BCUT2D eigenvalue weighted by Crippen LogP contribution is 2.16. The molecule has 3 nitrogen and oxygen atoms in total. The summed E-state index contributed by atoms with van der Waals surface area (Å²) in [4.78, 5) is 7.21. The fraction of sp³-hybridized carbons (Fsp3) is 0.556. The number of imidazole rings is 1. The van der Waals surface area contributed by atoms with Gasteiger partial charge in [-0.25, -0.2) is 4.98 Å². The van der Waals surface area contributed by atoms with Crippen molar-refractivity contribution in [1.82, 2.24) is 9.97 Å². The Labute approximate surface area is 72.4 Å². The highest BCUT2D eigenvalue weighted by atomic mass is 14.9. The van der Waals surface area contributed by atoms with E-state index in [-0.39, 0.29) is 5.92 Å². The molecule has 1 aromatic heterocycles. The van der Waals surface area contributed by atoms with Gasteiger partial charge in [0.2, 0.25) is 0 Å². The zero-order valence-electron chi connectivity index (χ0n) is 7.46. The van der Waals surface area contributed by atoms with Crippen molar-refractivity contribution in [2.75, 3.05) is 0 Å². The molecule has 12 heavy (non-hydrogen) atoms. The highest BCUT2D eigenvalue weighted by molar-refractivity contribution is 5.11. The maximum absolute atomic E-state index is 8.81. The van der Waals surface area contributed by atoms with Crippen LogP contribution in [0.5, 0.6) is 0 Å². The molecule has 3 heteroatoms. The third-order valence-corrected chi connectivity index (χ3v) is 1.79. The third kappa shape index (κ3) is 1.85. The van der Waals surface area contributed by atoms with E-state index in [0.717, 1.165) is 24.4 Å². The standard InChI is InChI=1S/C9H13N3/c1-3-4-8(5-10)9-11-6-7(2)12-9/h6,8H,3-4H2,1-2H3,(H,11,12). The summed E-state index contributed by atoms with van der Waals surface area (Å²) in [6, 6.07) is 2.24. The summed E-state index contributed by atoms with van der Waals surface area (Å²) in [5.41, 5.74) is 1.02. The zero-order valence-corrected chi connectivity index (χ0v) is 7.46. The second-order valence-corrected chi connectivity index (χ2v) is 2.92. The number of aryl methyl sites for hydroxylation is 1. The molecule has 0 amide bonds. The average Bonchev–Trinajstić information content (AvgIpc) is 2.47. The van der Waals surface area contributed by atoms with Gasteiger partial charge in [-0.1, -0.05) is 13.3 Å². The van der Waals surface area contributed by atoms with Gasteiger partial charge in [-0.05, 0) is 13.3 Å². The molecule has 0 radical (unpaired) electrons.